The van der Waals surface area contributed by atoms with E-state index in [2.05, 4.69) is 15.5 Å². The van der Waals surface area contributed by atoms with Crippen molar-refractivity contribution in [1.29, 1.82) is 0 Å². The van der Waals surface area contributed by atoms with Gasteiger partial charge in [0.25, 0.3) is 0 Å². The molecular formula is C14H18N4O2. The SMILES string of the molecule is CCO[C@H](C)C(=O)NCc1nncn1-c1ccccc1. The van der Waals surface area contributed by atoms with Crippen molar-refractivity contribution in [3.63, 3.8) is 0 Å². The minimum absolute atomic E-state index is 0.158. The molecule has 1 aromatic heterocycles. The molecule has 0 aliphatic carbocycles. The number of carbonyl (C=O) groups is 1. The molecule has 1 aromatic carbocycles. The Bertz CT molecular complexity index is 553. The molecule has 2 rings (SSSR count). The molecule has 6 nitrogen and oxygen atoms in total. The Morgan fingerprint density at radius 3 is 2.85 bits per heavy atom. The van der Waals surface area contributed by atoms with Crippen molar-refractivity contribution in [1.82, 2.24) is 20.1 Å². The molecule has 106 valence electrons. The summed E-state index contributed by atoms with van der Waals surface area (Å²) in [7, 11) is 0. The number of nitrogens with one attached hydrogen (secondary N) is 1. The number of para-hydroxylation sites is 1. The maximum atomic E-state index is 11.8. The van der Waals surface area contributed by atoms with Gasteiger partial charge in [0, 0.05) is 12.3 Å². The molecule has 0 fully saturated rings. The Morgan fingerprint density at radius 2 is 2.15 bits per heavy atom. The Kier molecular flexibility index (Phi) is 4.84. The van der Waals surface area contributed by atoms with Crippen molar-refractivity contribution in [3.05, 3.63) is 42.5 Å². The number of ether oxygens (including phenoxy) is 1. The van der Waals surface area contributed by atoms with E-state index in [4.69, 9.17) is 4.74 Å². The predicted molar refractivity (Wildman–Crippen MR) is 74.3 cm³/mol. The maximum absolute atomic E-state index is 11.8. The number of benzene rings is 1. The van der Waals surface area contributed by atoms with Crippen LogP contribution in [0.3, 0.4) is 0 Å². The highest BCUT2D eigenvalue weighted by atomic mass is 16.5. The summed E-state index contributed by atoms with van der Waals surface area (Å²) in [6, 6.07) is 9.73. The summed E-state index contributed by atoms with van der Waals surface area (Å²) in [5.74, 6) is 0.516. The second kappa shape index (κ2) is 6.81. The lowest BCUT2D eigenvalue weighted by atomic mass is 10.3. The van der Waals surface area contributed by atoms with Crippen LogP contribution >= 0.6 is 0 Å². The second-order valence-corrected chi connectivity index (χ2v) is 4.27. The number of nitrogens with zero attached hydrogens (tertiary/aromatic N) is 3. The lowest BCUT2D eigenvalue weighted by Gasteiger charge is -2.12. The molecule has 1 atom stereocenters. The van der Waals surface area contributed by atoms with Gasteiger partial charge in [0.2, 0.25) is 5.91 Å². The van der Waals surface area contributed by atoms with Gasteiger partial charge in [0.15, 0.2) is 5.82 Å². The summed E-state index contributed by atoms with van der Waals surface area (Å²) in [5, 5.41) is 10.7. The van der Waals surface area contributed by atoms with Crippen LogP contribution in [-0.4, -0.2) is 33.4 Å². The summed E-state index contributed by atoms with van der Waals surface area (Å²) < 4.78 is 7.07. The molecule has 0 saturated carbocycles. The maximum Gasteiger partial charge on any atom is 0.249 e. The molecule has 0 radical (unpaired) electrons. The van der Waals surface area contributed by atoms with Gasteiger partial charge in [-0.05, 0) is 26.0 Å². The minimum atomic E-state index is -0.465. The molecule has 0 aliphatic rings. The van der Waals surface area contributed by atoms with Crippen LogP contribution in [0, 0.1) is 0 Å². The fourth-order valence-electron chi connectivity index (χ4n) is 1.82. The quantitative estimate of drug-likeness (QED) is 0.862. The Morgan fingerprint density at radius 1 is 1.40 bits per heavy atom. The fraction of sp³-hybridized carbons (Fsp3) is 0.357. The lowest BCUT2D eigenvalue weighted by Crippen LogP contribution is -2.34. The fourth-order valence-corrected chi connectivity index (χ4v) is 1.82. The van der Waals surface area contributed by atoms with Crippen LogP contribution in [0.2, 0.25) is 0 Å². The number of hydrogen-bond donors (Lipinski definition) is 1. The summed E-state index contributed by atoms with van der Waals surface area (Å²) in [5.41, 5.74) is 0.958. The third-order valence-electron chi connectivity index (χ3n) is 2.86. The number of amides is 1. The van der Waals surface area contributed by atoms with Crippen LogP contribution < -0.4 is 5.32 Å². The number of aromatic nitrogens is 3. The highest BCUT2D eigenvalue weighted by molar-refractivity contribution is 5.80. The first-order chi connectivity index (χ1) is 9.72. The summed E-state index contributed by atoms with van der Waals surface area (Å²) in [4.78, 5) is 11.8. The van der Waals surface area contributed by atoms with Gasteiger partial charge in [-0.2, -0.15) is 0 Å². The topological polar surface area (TPSA) is 69.0 Å². The molecule has 6 heteroatoms. The molecule has 0 bridgehead atoms. The number of carbonyl (C=O) groups excluding carboxylic acids is 1. The minimum Gasteiger partial charge on any atom is -0.369 e. The van der Waals surface area contributed by atoms with Gasteiger partial charge in [-0.25, -0.2) is 0 Å². The second-order valence-electron chi connectivity index (χ2n) is 4.27. The number of rotatable bonds is 6. The van der Waals surface area contributed by atoms with E-state index in [-0.39, 0.29) is 5.91 Å². The van der Waals surface area contributed by atoms with Gasteiger partial charge in [-0.15, -0.1) is 10.2 Å². The van der Waals surface area contributed by atoms with Crippen LogP contribution in [0.4, 0.5) is 0 Å². The average Bonchev–Trinajstić information content (AvgIpc) is 2.94. The standard InChI is InChI=1S/C14H18N4O2/c1-3-20-11(2)14(19)15-9-13-17-16-10-18(13)12-7-5-4-6-8-12/h4-8,10-11H,3,9H2,1-2H3,(H,15,19)/t11-/m1/s1. The molecule has 0 unspecified atom stereocenters. The Labute approximate surface area is 117 Å². The van der Waals surface area contributed by atoms with E-state index < -0.39 is 6.10 Å². The molecule has 0 spiro atoms. The third-order valence-corrected chi connectivity index (χ3v) is 2.86. The van der Waals surface area contributed by atoms with E-state index in [1.165, 1.54) is 0 Å². The first-order valence-electron chi connectivity index (χ1n) is 6.56. The lowest BCUT2D eigenvalue weighted by molar-refractivity contribution is -0.131. The molecule has 2 aromatic rings. The molecule has 1 heterocycles. The van der Waals surface area contributed by atoms with E-state index in [0.29, 0.717) is 19.0 Å². The van der Waals surface area contributed by atoms with E-state index in [1.54, 1.807) is 13.3 Å². The van der Waals surface area contributed by atoms with Gasteiger partial charge in [0.1, 0.15) is 12.4 Å². The third kappa shape index (κ3) is 3.42. The zero-order chi connectivity index (χ0) is 14.4. The Hall–Kier alpha value is -2.21. The molecule has 20 heavy (non-hydrogen) atoms. The van der Waals surface area contributed by atoms with Crippen LogP contribution in [0.15, 0.2) is 36.7 Å². The average molecular weight is 274 g/mol. The van der Waals surface area contributed by atoms with E-state index >= 15 is 0 Å². The summed E-state index contributed by atoms with van der Waals surface area (Å²) >= 11 is 0. The van der Waals surface area contributed by atoms with Gasteiger partial charge >= 0.3 is 0 Å². The Balaban J connectivity index is 2.01. The van der Waals surface area contributed by atoms with Crippen LogP contribution in [0.1, 0.15) is 19.7 Å². The van der Waals surface area contributed by atoms with Crippen LogP contribution in [-0.2, 0) is 16.1 Å². The number of hydrogen-bond acceptors (Lipinski definition) is 4. The van der Waals surface area contributed by atoms with Crippen molar-refractivity contribution in [2.75, 3.05) is 6.61 Å². The first-order valence-corrected chi connectivity index (χ1v) is 6.56. The van der Waals surface area contributed by atoms with E-state index in [0.717, 1.165) is 5.69 Å². The summed E-state index contributed by atoms with van der Waals surface area (Å²) in [6.07, 6.45) is 1.16. The van der Waals surface area contributed by atoms with Gasteiger partial charge in [-0.3, -0.25) is 9.36 Å². The molecule has 0 aliphatic heterocycles. The van der Waals surface area contributed by atoms with Crippen molar-refractivity contribution in [2.24, 2.45) is 0 Å². The zero-order valence-electron chi connectivity index (χ0n) is 11.6. The highest BCUT2D eigenvalue weighted by Gasteiger charge is 2.13. The van der Waals surface area contributed by atoms with Crippen molar-refractivity contribution in [3.8, 4) is 5.69 Å². The summed E-state index contributed by atoms with van der Waals surface area (Å²) in [6.45, 7) is 4.40. The molecule has 1 amide bonds. The highest BCUT2D eigenvalue weighted by Crippen LogP contribution is 2.08. The van der Waals surface area contributed by atoms with Crippen molar-refractivity contribution in [2.45, 2.75) is 26.5 Å². The van der Waals surface area contributed by atoms with Crippen LogP contribution in [0.25, 0.3) is 5.69 Å². The zero-order valence-corrected chi connectivity index (χ0v) is 11.6. The monoisotopic (exact) mass is 274 g/mol. The smallest absolute Gasteiger partial charge is 0.249 e. The van der Waals surface area contributed by atoms with Gasteiger partial charge in [0.05, 0.1) is 6.54 Å². The largest absolute Gasteiger partial charge is 0.369 e. The van der Waals surface area contributed by atoms with E-state index in [9.17, 15) is 4.79 Å². The van der Waals surface area contributed by atoms with E-state index in [1.807, 2.05) is 41.8 Å². The molecule has 0 saturated heterocycles. The van der Waals surface area contributed by atoms with Crippen LogP contribution in [0.5, 0.6) is 0 Å². The molecule has 1 N–H and O–H groups in total. The first kappa shape index (κ1) is 14.2. The van der Waals surface area contributed by atoms with Crippen molar-refractivity contribution >= 4 is 5.91 Å². The predicted octanol–water partition coefficient (Wildman–Crippen LogP) is 1.31. The van der Waals surface area contributed by atoms with Gasteiger partial charge < -0.3 is 10.1 Å². The van der Waals surface area contributed by atoms with Gasteiger partial charge in [-0.1, -0.05) is 18.2 Å². The normalized spacial score (nSPS) is 12.1. The van der Waals surface area contributed by atoms with Crippen molar-refractivity contribution < 1.29 is 9.53 Å². The molecular weight excluding hydrogens is 256 g/mol.